The molecule has 0 aromatic heterocycles. The fourth-order valence-electron chi connectivity index (χ4n) is 1.55. The van der Waals surface area contributed by atoms with Crippen LogP contribution in [0.4, 0.5) is 0 Å². The minimum atomic E-state index is -3.67. The van der Waals surface area contributed by atoms with Gasteiger partial charge in [-0.3, -0.25) is 18.9 Å². The van der Waals surface area contributed by atoms with E-state index < -0.39 is 10.1 Å². The summed E-state index contributed by atoms with van der Waals surface area (Å²) in [7, 11) is -3.67. The van der Waals surface area contributed by atoms with Gasteiger partial charge in [0.05, 0.1) is 39.2 Å². The van der Waals surface area contributed by atoms with Crippen LogP contribution in [0.25, 0.3) is 0 Å². The quantitative estimate of drug-likeness (QED) is 0.261. The van der Waals surface area contributed by atoms with Gasteiger partial charge in [0.2, 0.25) is 11.8 Å². The van der Waals surface area contributed by atoms with Crippen molar-refractivity contribution in [2.75, 3.05) is 45.8 Å². The van der Waals surface area contributed by atoms with E-state index in [1.807, 2.05) is 27.7 Å². The predicted molar refractivity (Wildman–Crippen MR) is 116 cm³/mol. The van der Waals surface area contributed by atoms with Crippen molar-refractivity contribution in [3.63, 3.8) is 0 Å². The van der Waals surface area contributed by atoms with Crippen molar-refractivity contribution in [2.24, 2.45) is 5.92 Å². The molecule has 0 aliphatic rings. The lowest BCUT2D eigenvalue weighted by Crippen LogP contribution is -2.38. The molecule has 2 amide bonds. The van der Waals surface area contributed by atoms with Crippen LogP contribution in [0.1, 0.15) is 53.9 Å². The number of nitrogens with one attached hydrogen (secondary N) is 2. The average molecular weight is 457 g/mol. The van der Waals surface area contributed by atoms with Crippen LogP contribution in [-0.2, 0) is 34.0 Å². The van der Waals surface area contributed by atoms with Crippen molar-refractivity contribution in [3.05, 3.63) is 0 Å². The first-order chi connectivity index (χ1) is 13.9. The minimum absolute atomic E-state index is 0.00884. The molecule has 0 aliphatic heterocycles. The van der Waals surface area contributed by atoms with Crippen molar-refractivity contribution in [3.8, 4) is 0 Å². The number of carbonyl (C=O) groups is 3. The van der Waals surface area contributed by atoms with E-state index in [1.165, 1.54) is 6.92 Å². The second-order valence-corrected chi connectivity index (χ2v) is 7.94. The topological polar surface area (TPSA) is 148 Å². The van der Waals surface area contributed by atoms with Gasteiger partial charge in [-0.05, 0) is 19.3 Å². The highest BCUT2D eigenvalue weighted by Crippen LogP contribution is 2.02. The van der Waals surface area contributed by atoms with E-state index in [4.69, 9.17) is 14.0 Å². The van der Waals surface area contributed by atoms with Gasteiger partial charge in [0.1, 0.15) is 5.78 Å². The third-order valence-corrected chi connectivity index (χ3v) is 2.93. The Labute approximate surface area is 181 Å². The Balaban J connectivity index is -0.000000901. The molecule has 0 fully saturated rings. The maximum absolute atomic E-state index is 11.5. The summed E-state index contributed by atoms with van der Waals surface area (Å²) in [6.45, 7) is 11.6. The molecular weight excluding hydrogens is 416 g/mol. The lowest BCUT2D eigenvalue weighted by atomic mass is 10.1. The first-order valence-corrected chi connectivity index (χ1v) is 11.9. The van der Waals surface area contributed by atoms with Crippen LogP contribution in [0.15, 0.2) is 0 Å². The van der Waals surface area contributed by atoms with Crippen molar-refractivity contribution in [1.82, 2.24) is 10.6 Å². The van der Waals surface area contributed by atoms with Crippen LogP contribution in [-0.4, -0.2) is 76.3 Å². The second-order valence-electron chi connectivity index (χ2n) is 6.47. The number of carbonyl (C=O) groups excluding carboxylic acids is 3. The Morgan fingerprint density at radius 2 is 1.40 bits per heavy atom. The molecule has 0 saturated heterocycles. The molecular formula is C19H40N2O8S. The fourth-order valence-corrected chi connectivity index (χ4v) is 1.55. The Morgan fingerprint density at radius 3 is 1.87 bits per heavy atom. The van der Waals surface area contributed by atoms with Crippen LogP contribution >= 0.6 is 0 Å². The number of ketones is 1. The van der Waals surface area contributed by atoms with E-state index in [2.05, 4.69) is 10.6 Å². The van der Waals surface area contributed by atoms with Crippen LogP contribution in [0.2, 0.25) is 0 Å². The van der Waals surface area contributed by atoms with Gasteiger partial charge in [-0.2, -0.15) is 8.42 Å². The van der Waals surface area contributed by atoms with Crippen LogP contribution in [0.5, 0.6) is 0 Å². The molecule has 0 rings (SSSR count). The number of Topliss-reactive ketones (excluding diaryl/α,β-unsaturated/α-hetero) is 1. The van der Waals surface area contributed by atoms with Crippen molar-refractivity contribution in [1.29, 1.82) is 0 Å². The Kier molecular flexibility index (Phi) is 24.4. The SMILES string of the molecule is CC.CC(=O)CCOCCOCCNC(=O)CNC(=O)CCC(C)C.CS(=O)(=O)O. The summed E-state index contributed by atoms with van der Waals surface area (Å²) in [4.78, 5) is 33.6. The maximum Gasteiger partial charge on any atom is 0.261 e. The third kappa shape index (κ3) is 41.0. The zero-order valence-electron chi connectivity index (χ0n) is 19.2. The number of amides is 2. The van der Waals surface area contributed by atoms with Crippen molar-refractivity contribution < 1.29 is 36.8 Å². The summed E-state index contributed by atoms with van der Waals surface area (Å²) in [6, 6.07) is 0. The first-order valence-electron chi connectivity index (χ1n) is 10.0. The highest BCUT2D eigenvalue weighted by atomic mass is 32.2. The molecule has 0 saturated carbocycles. The molecule has 0 aromatic rings. The molecule has 0 aromatic carbocycles. The van der Waals surface area contributed by atoms with Gasteiger partial charge in [0, 0.05) is 19.4 Å². The minimum Gasteiger partial charge on any atom is -0.379 e. The molecule has 0 spiro atoms. The molecule has 0 heterocycles. The molecule has 3 N–H and O–H groups in total. The van der Waals surface area contributed by atoms with E-state index in [9.17, 15) is 22.8 Å². The monoisotopic (exact) mass is 456 g/mol. The summed E-state index contributed by atoms with van der Waals surface area (Å²) in [5.41, 5.74) is 0. The largest absolute Gasteiger partial charge is 0.379 e. The van der Waals surface area contributed by atoms with Gasteiger partial charge in [-0.1, -0.05) is 27.7 Å². The third-order valence-electron chi connectivity index (χ3n) is 2.93. The van der Waals surface area contributed by atoms with E-state index in [1.54, 1.807) is 0 Å². The van der Waals surface area contributed by atoms with Gasteiger partial charge >= 0.3 is 0 Å². The molecule has 0 unspecified atom stereocenters. The Bertz CT molecular complexity index is 543. The van der Waals surface area contributed by atoms with Crippen molar-refractivity contribution in [2.45, 2.75) is 53.9 Å². The summed E-state index contributed by atoms with van der Waals surface area (Å²) in [6.07, 6.45) is 2.39. The lowest BCUT2D eigenvalue weighted by Gasteiger charge is -2.08. The average Bonchev–Trinajstić information content (AvgIpc) is 2.63. The number of hydrogen-bond donors (Lipinski definition) is 3. The number of ether oxygens (including phenoxy) is 2. The Morgan fingerprint density at radius 1 is 0.900 bits per heavy atom. The van der Waals surface area contributed by atoms with E-state index in [0.717, 1.165) is 6.42 Å². The summed E-state index contributed by atoms with van der Waals surface area (Å²) < 4.78 is 36.3. The van der Waals surface area contributed by atoms with Gasteiger partial charge in [0.25, 0.3) is 10.1 Å². The predicted octanol–water partition coefficient (Wildman–Crippen LogP) is 1.20. The zero-order valence-corrected chi connectivity index (χ0v) is 20.0. The van der Waals surface area contributed by atoms with E-state index >= 15 is 0 Å². The normalized spacial score (nSPS) is 10.3. The summed E-state index contributed by atoms with van der Waals surface area (Å²) in [5.74, 6) is 0.236. The first kappa shape index (κ1) is 33.1. The zero-order chi connectivity index (χ0) is 24.0. The van der Waals surface area contributed by atoms with Crippen LogP contribution < -0.4 is 10.6 Å². The molecule has 0 aliphatic carbocycles. The highest BCUT2D eigenvalue weighted by molar-refractivity contribution is 7.85. The van der Waals surface area contributed by atoms with Crippen LogP contribution in [0.3, 0.4) is 0 Å². The second kappa shape index (κ2) is 22.1. The maximum atomic E-state index is 11.5. The number of rotatable bonds is 14. The Hall–Kier alpha value is -1.56. The van der Waals surface area contributed by atoms with Gasteiger partial charge in [0.15, 0.2) is 0 Å². The molecule has 0 atom stereocenters. The van der Waals surface area contributed by atoms with Gasteiger partial charge < -0.3 is 20.1 Å². The molecule has 30 heavy (non-hydrogen) atoms. The van der Waals surface area contributed by atoms with Gasteiger partial charge in [-0.15, -0.1) is 0 Å². The molecule has 10 nitrogen and oxygen atoms in total. The smallest absolute Gasteiger partial charge is 0.261 e. The van der Waals surface area contributed by atoms with E-state index in [-0.39, 0.29) is 24.1 Å². The molecule has 0 bridgehead atoms. The molecule has 0 radical (unpaired) electrons. The summed E-state index contributed by atoms with van der Waals surface area (Å²) >= 11 is 0. The van der Waals surface area contributed by atoms with Crippen molar-refractivity contribution >= 4 is 27.7 Å². The fraction of sp³-hybridized carbons (Fsp3) is 0.842. The number of hydrogen-bond acceptors (Lipinski definition) is 7. The van der Waals surface area contributed by atoms with Gasteiger partial charge in [-0.25, -0.2) is 0 Å². The summed E-state index contributed by atoms with van der Waals surface area (Å²) in [5, 5.41) is 5.24. The van der Waals surface area contributed by atoms with Crippen LogP contribution in [0, 0.1) is 5.92 Å². The van der Waals surface area contributed by atoms with E-state index in [0.29, 0.717) is 58.0 Å². The highest BCUT2D eigenvalue weighted by Gasteiger charge is 2.06. The standard InChI is InChI=1S/C16H30N2O5.C2H6.CH4O3S/c1-13(2)4-5-15(20)18-12-16(21)17-7-9-23-11-10-22-8-6-14(3)19;1-2;1-5(2,3)4/h13H,4-12H2,1-3H3,(H,17,21)(H,18,20);1-2H3;1H3,(H,2,3,4). The molecule has 11 heteroatoms. The molecule has 180 valence electrons. The lowest BCUT2D eigenvalue weighted by molar-refractivity contribution is -0.126.